The van der Waals surface area contributed by atoms with Crippen LogP contribution in [0.2, 0.25) is 0 Å². The Morgan fingerprint density at radius 3 is 2.62 bits per heavy atom. The Hall–Kier alpha value is -3.03. The lowest BCUT2D eigenvalue weighted by Crippen LogP contribution is -2.43. The summed E-state index contributed by atoms with van der Waals surface area (Å²) in [5, 5.41) is 11.3. The quantitative estimate of drug-likeness (QED) is 0.726. The van der Waals surface area contributed by atoms with E-state index < -0.39 is 0 Å². The summed E-state index contributed by atoms with van der Waals surface area (Å²) in [6, 6.07) is 9.47. The Bertz CT molecular complexity index is 813. The summed E-state index contributed by atoms with van der Waals surface area (Å²) in [6.45, 7) is 2.09. The highest BCUT2D eigenvalue weighted by Crippen LogP contribution is 2.27. The van der Waals surface area contributed by atoms with E-state index in [0.717, 1.165) is 37.2 Å². The molecule has 8 nitrogen and oxygen atoms in total. The van der Waals surface area contributed by atoms with E-state index in [1.807, 2.05) is 24.3 Å². The fourth-order valence-electron chi connectivity index (χ4n) is 3.50. The maximum atomic E-state index is 12.7. The standard InChI is InChI=1S/C21H28N4O4/c1-27-17-7-6-15(13-18(17)28-2)10-11-22-21(26)16-5-4-12-25(14-16)19-8-9-20(29-3)24-23-19/h6-9,13,16H,4-5,10-12,14H2,1-3H3,(H,22,26). The van der Waals surface area contributed by atoms with Gasteiger partial charge >= 0.3 is 0 Å². The fourth-order valence-corrected chi connectivity index (χ4v) is 3.50. The average Bonchev–Trinajstić information content (AvgIpc) is 2.79. The first-order valence-electron chi connectivity index (χ1n) is 9.76. The monoisotopic (exact) mass is 400 g/mol. The summed E-state index contributed by atoms with van der Waals surface area (Å²) >= 11 is 0. The number of carbonyl (C=O) groups excluding carboxylic acids is 1. The normalized spacial score (nSPS) is 16.2. The molecule has 1 N–H and O–H groups in total. The average molecular weight is 400 g/mol. The highest BCUT2D eigenvalue weighted by Gasteiger charge is 2.26. The molecule has 3 rings (SSSR count). The number of aromatic nitrogens is 2. The lowest BCUT2D eigenvalue weighted by Gasteiger charge is -2.32. The van der Waals surface area contributed by atoms with E-state index in [-0.39, 0.29) is 11.8 Å². The van der Waals surface area contributed by atoms with Crippen LogP contribution in [0.25, 0.3) is 0 Å². The van der Waals surface area contributed by atoms with E-state index in [2.05, 4.69) is 20.4 Å². The summed E-state index contributed by atoms with van der Waals surface area (Å²) < 4.78 is 15.6. The van der Waals surface area contributed by atoms with Crippen LogP contribution in [0.5, 0.6) is 17.4 Å². The number of rotatable bonds is 8. The van der Waals surface area contributed by atoms with Gasteiger partial charge in [0.25, 0.3) is 0 Å². The fraction of sp³-hybridized carbons (Fsp3) is 0.476. The van der Waals surface area contributed by atoms with Crippen LogP contribution in [0.1, 0.15) is 18.4 Å². The van der Waals surface area contributed by atoms with Crippen LogP contribution >= 0.6 is 0 Å². The molecular formula is C21H28N4O4. The molecule has 2 heterocycles. The topological polar surface area (TPSA) is 85.8 Å². The number of amides is 1. The van der Waals surface area contributed by atoms with Gasteiger partial charge in [-0.1, -0.05) is 6.07 Å². The Labute approximate surface area is 171 Å². The zero-order valence-electron chi connectivity index (χ0n) is 17.2. The minimum Gasteiger partial charge on any atom is -0.493 e. The molecule has 1 atom stereocenters. The first-order valence-corrected chi connectivity index (χ1v) is 9.76. The van der Waals surface area contributed by atoms with Crippen LogP contribution in [0.4, 0.5) is 5.82 Å². The first-order chi connectivity index (χ1) is 14.1. The van der Waals surface area contributed by atoms with Gasteiger partial charge < -0.3 is 24.4 Å². The molecule has 1 aliphatic rings. The second-order valence-corrected chi connectivity index (χ2v) is 6.95. The number of piperidine rings is 1. The molecule has 1 fully saturated rings. The number of hydrogen-bond donors (Lipinski definition) is 1. The van der Waals surface area contributed by atoms with Gasteiger partial charge in [-0.2, -0.15) is 0 Å². The number of nitrogens with one attached hydrogen (secondary N) is 1. The number of ether oxygens (including phenoxy) is 3. The van der Waals surface area contributed by atoms with Crippen molar-refractivity contribution in [3.8, 4) is 17.4 Å². The number of hydrogen-bond acceptors (Lipinski definition) is 7. The molecule has 0 radical (unpaired) electrons. The summed E-state index contributed by atoms with van der Waals surface area (Å²) in [7, 11) is 4.79. The van der Waals surface area contributed by atoms with Crippen LogP contribution in [-0.2, 0) is 11.2 Å². The van der Waals surface area contributed by atoms with Gasteiger partial charge in [-0.3, -0.25) is 4.79 Å². The molecule has 1 aromatic heterocycles. The lowest BCUT2D eigenvalue weighted by molar-refractivity contribution is -0.125. The van der Waals surface area contributed by atoms with Crippen molar-refractivity contribution in [3.05, 3.63) is 35.9 Å². The van der Waals surface area contributed by atoms with E-state index in [4.69, 9.17) is 14.2 Å². The molecule has 156 valence electrons. The second-order valence-electron chi connectivity index (χ2n) is 6.95. The molecule has 1 unspecified atom stereocenters. The molecule has 1 aliphatic heterocycles. The molecular weight excluding hydrogens is 372 g/mol. The SMILES string of the molecule is COc1ccc(N2CCCC(C(=O)NCCc3ccc(OC)c(OC)c3)C2)nn1. The molecule has 0 bridgehead atoms. The van der Waals surface area contributed by atoms with E-state index >= 15 is 0 Å². The van der Waals surface area contributed by atoms with Crippen LogP contribution < -0.4 is 24.4 Å². The summed E-state index contributed by atoms with van der Waals surface area (Å²) in [4.78, 5) is 14.8. The van der Waals surface area contributed by atoms with Crippen LogP contribution in [0, 0.1) is 5.92 Å². The third-order valence-electron chi connectivity index (χ3n) is 5.11. The third kappa shape index (κ3) is 5.28. The molecule has 0 spiro atoms. The van der Waals surface area contributed by atoms with Crippen molar-refractivity contribution in [2.75, 3.05) is 45.9 Å². The Morgan fingerprint density at radius 1 is 1.10 bits per heavy atom. The number of nitrogens with zero attached hydrogens (tertiary/aromatic N) is 3. The number of benzene rings is 1. The van der Waals surface area contributed by atoms with Gasteiger partial charge in [0.2, 0.25) is 11.8 Å². The second kappa shape index (κ2) is 9.95. The van der Waals surface area contributed by atoms with E-state index in [1.165, 1.54) is 0 Å². The zero-order valence-corrected chi connectivity index (χ0v) is 17.2. The van der Waals surface area contributed by atoms with Gasteiger partial charge in [-0.15, -0.1) is 10.2 Å². The smallest absolute Gasteiger partial charge is 0.233 e. The predicted octanol–water partition coefficient (Wildman–Crippen LogP) is 2.08. The Balaban J connectivity index is 1.51. The van der Waals surface area contributed by atoms with Crippen molar-refractivity contribution in [3.63, 3.8) is 0 Å². The zero-order chi connectivity index (χ0) is 20.6. The molecule has 0 aliphatic carbocycles. The van der Waals surface area contributed by atoms with Gasteiger partial charge in [0.15, 0.2) is 17.3 Å². The van der Waals surface area contributed by atoms with Gasteiger partial charge in [0, 0.05) is 25.7 Å². The molecule has 1 saturated heterocycles. The van der Waals surface area contributed by atoms with Crippen molar-refractivity contribution < 1.29 is 19.0 Å². The molecule has 2 aromatic rings. The highest BCUT2D eigenvalue weighted by molar-refractivity contribution is 5.79. The highest BCUT2D eigenvalue weighted by atomic mass is 16.5. The summed E-state index contributed by atoms with van der Waals surface area (Å²) in [5.41, 5.74) is 1.08. The maximum absolute atomic E-state index is 12.7. The van der Waals surface area contributed by atoms with E-state index in [9.17, 15) is 4.79 Å². The molecule has 1 amide bonds. The Kier molecular flexibility index (Phi) is 7.10. The van der Waals surface area contributed by atoms with Crippen LogP contribution in [0.3, 0.4) is 0 Å². The molecule has 8 heteroatoms. The lowest BCUT2D eigenvalue weighted by atomic mass is 9.97. The number of methoxy groups -OCH3 is 3. The Morgan fingerprint density at radius 2 is 1.93 bits per heavy atom. The van der Waals surface area contributed by atoms with Gasteiger partial charge in [-0.25, -0.2) is 0 Å². The van der Waals surface area contributed by atoms with Crippen LogP contribution in [-0.4, -0.2) is 57.1 Å². The van der Waals surface area contributed by atoms with Gasteiger partial charge in [0.05, 0.1) is 27.2 Å². The molecule has 29 heavy (non-hydrogen) atoms. The van der Waals surface area contributed by atoms with Crippen molar-refractivity contribution in [2.45, 2.75) is 19.3 Å². The third-order valence-corrected chi connectivity index (χ3v) is 5.11. The molecule has 0 saturated carbocycles. The minimum atomic E-state index is -0.0574. The van der Waals surface area contributed by atoms with Gasteiger partial charge in [0.1, 0.15) is 0 Å². The minimum absolute atomic E-state index is 0.0574. The van der Waals surface area contributed by atoms with Crippen molar-refractivity contribution in [2.24, 2.45) is 5.92 Å². The van der Waals surface area contributed by atoms with E-state index in [0.29, 0.717) is 30.5 Å². The van der Waals surface area contributed by atoms with E-state index in [1.54, 1.807) is 27.4 Å². The van der Waals surface area contributed by atoms with Crippen molar-refractivity contribution >= 4 is 11.7 Å². The van der Waals surface area contributed by atoms with Crippen molar-refractivity contribution in [1.82, 2.24) is 15.5 Å². The summed E-state index contributed by atoms with van der Waals surface area (Å²) in [6.07, 6.45) is 2.55. The van der Waals surface area contributed by atoms with Crippen LogP contribution in [0.15, 0.2) is 30.3 Å². The maximum Gasteiger partial charge on any atom is 0.233 e. The van der Waals surface area contributed by atoms with Crippen molar-refractivity contribution in [1.29, 1.82) is 0 Å². The number of carbonyl (C=O) groups is 1. The predicted molar refractivity (Wildman–Crippen MR) is 110 cm³/mol. The first kappa shape index (κ1) is 20.7. The largest absolute Gasteiger partial charge is 0.493 e. The summed E-state index contributed by atoms with van der Waals surface area (Å²) in [5.74, 6) is 2.67. The molecule has 1 aromatic carbocycles. The van der Waals surface area contributed by atoms with Gasteiger partial charge in [-0.05, 0) is 43.0 Å². The number of anilines is 1.